The number of nitrogens with zero attached hydrogens (tertiary/aromatic N) is 1. The van der Waals surface area contributed by atoms with Gasteiger partial charge in [-0.2, -0.15) is 0 Å². The molecule has 0 saturated carbocycles. The molecule has 164 valence electrons. The van der Waals surface area contributed by atoms with Crippen molar-refractivity contribution in [1.29, 1.82) is 0 Å². The summed E-state index contributed by atoms with van der Waals surface area (Å²) in [4.78, 5) is 39.7. The SMILES string of the molecule is CCOC(=O)C1CCCN(C(=O)CC(NC(=O)c2ccccc2Cl)c2ccccc2)C1. The van der Waals surface area contributed by atoms with E-state index in [2.05, 4.69) is 5.32 Å². The average Bonchev–Trinajstić information content (AvgIpc) is 2.79. The summed E-state index contributed by atoms with van der Waals surface area (Å²) in [5.41, 5.74) is 1.19. The minimum absolute atomic E-state index is 0.0930. The molecule has 0 spiro atoms. The van der Waals surface area contributed by atoms with Crippen LogP contribution in [0.2, 0.25) is 5.02 Å². The summed E-state index contributed by atoms with van der Waals surface area (Å²) < 4.78 is 5.13. The van der Waals surface area contributed by atoms with Gasteiger partial charge in [0.05, 0.1) is 35.6 Å². The lowest BCUT2D eigenvalue weighted by Gasteiger charge is -2.32. The third-order valence-corrected chi connectivity index (χ3v) is 5.73. The van der Waals surface area contributed by atoms with Crippen LogP contribution in [0.5, 0.6) is 0 Å². The van der Waals surface area contributed by atoms with Crippen LogP contribution >= 0.6 is 11.6 Å². The number of hydrogen-bond acceptors (Lipinski definition) is 4. The molecule has 1 saturated heterocycles. The molecule has 1 fully saturated rings. The number of benzene rings is 2. The fraction of sp³-hybridized carbons (Fsp3) is 0.375. The van der Waals surface area contributed by atoms with Crippen LogP contribution in [0.3, 0.4) is 0 Å². The third kappa shape index (κ3) is 6.07. The number of esters is 1. The maximum atomic E-state index is 13.1. The van der Waals surface area contributed by atoms with Gasteiger partial charge in [0.25, 0.3) is 5.91 Å². The summed E-state index contributed by atoms with van der Waals surface area (Å²) in [5, 5.41) is 3.31. The third-order valence-electron chi connectivity index (χ3n) is 5.40. The summed E-state index contributed by atoms with van der Waals surface area (Å²) in [6.07, 6.45) is 1.56. The van der Waals surface area contributed by atoms with E-state index in [4.69, 9.17) is 16.3 Å². The minimum Gasteiger partial charge on any atom is -0.466 e. The largest absolute Gasteiger partial charge is 0.466 e. The van der Waals surface area contributed by atoms with Crippen LogP contribution in [0.4, 0.5) is 0 Å². The highest BCUT2D eigenvalue weighted by Gasteiger charge is 2.31. The predicted octanol–water partition coefficient (Wildman–Crippen LogP) is 4.00. The van der Waals surface area contributed by atoms with Crippen LogP contribution in [-0.2, 0) is 14.3 Å². The molecule has 0 radical (unpaired) electrons. The van der Waals surface area contributed by atoms with Gasteiger partial charge < -0.3 is 15.0 Å². The van der Waals surface area contributed by atoms with Gasteiger partial charge in [-0.25, -0.2) is 0 Å². The second kappa shape index (κ2) is 11.0. The number of likely N-dealkylation sites (tertiary alicyclic amines) is 1. The molecular weight excluding hydrogens is 416 g/mol. The number of ether oxygens (including phenoxy) is 1. The van der Waals surface area contributed by atoms with Crippen molar-refractivity contribution in [3.8, 4) is 0 Å². The first-order valence-corrected chi connectivity index (χ1v) is 10.9. The van der Waals surface area contributed by atoms with E-state index in [0.717, 1.165) is 12.0 Å². The Hall–Kier alpha value is -2.86. The number of carbonyl (C=O) groups excluding carboxylic acids is 3. The fourth-order valence-corrected chi connectivity index (χ4v) is 4.00. The maximum Gasteiger partial charge on any atom is 0.310 e. The Morgan fingerprint density at radius 1 is 1.13 bits per heavy atom. The van der Waals surface area contributed by atoms with Crippen molar-refractivity contribution in [2.75, 3.05) is 19.7 Å². The van der Waals surface area contributed by atoms with Gasteiger partial charge in [0.15, 0.2) is 0 Å². The zero-order valence-corrected chi connectivity index (χ0v) is 18.3. The smallest absolute Gasteiger partial charge is 0.310 e. The van der Waals surface area contributed by atoms with Crippen LogP contribution in [0.15, 0.2) is 54.6 Å². The molecule has 2 amide bonds. The average molecular weight is 443 g/mol. The van der Waals surface area contributed by atoms with E-state index in [9.17, 15) is 14.4 Å². The molecule has 7 heteroatoms. The minimum atomic E-state index is -0.513. The molecule has 1 aliphatic rings. The van der Waals surface area contributed by atoms with Gasteiger partial charge in [-0.05, 0) is 37.5 Å². The van der Waals surface area contributed by atoms with Crippen molar-refractivity contribution in [3.05, 3.63) is 70.7 Å². The Kier molecular flexibility index (Phi) is 8.06. The maximum absolute atomic E-state index is 13.1. The summed E-state index contributed by atoms with van der Waals surface area (Å²) in [6.45, 7) is 3.04. The Bertz CT molecular complexity index is 919. The number of halogens is 1. The van der Waals surface area contributed by atoms with Gasteiger partial charge in [-0.3, -0.25) is 14.4 Å². The van der Waals surface area contributed by atoms with Gasteiger partial charge in [-0.1, -0.05) is 54.1 Å². The van der Waals surface area contributed by atoms with E-state index in [1.807, 2.05) is 30.3 Å². The van der Waals surface area contributed by atoms with Gasteiger partial charge in [0, 0.05) is 13.1 Å². The Morgan fingerprint density at radius 2 is 1.84 bits per heavy atom. The van der Waals surface area contributed by atoms with Gasteiger partial charge in [0.1, 0.15) is 0 Å². The summed E-state index contributed by atoms with van der Waals surface area (Å²) >= 11 is 6.17. The van der Waals surface area contributed by atoms with Crippen molar-refractivity contribution in [1.82, 2.24) is 10.2 Å². The molecule has 2 atom stereocenters. The second-order valence-corrected chi connectivity index (χ2v) is 7.96. The van der Waals surface area contributed by atoms with Gasteiger partial charge >= 0.3 is 5.97 Å². The lowest BCUT2D eigenvalue weighted by Crippen LogP contribution is -2.44. The normalized spacial score (nSPS) is 17.0. The van der Waals surface area contributed by atoms with E-state index >= 15 is 0 Å². The fourth-order valence-electron chi connectivity index (χ4n) is 3.78. The van der Waals surface area contributed by atoms with Crippen molar-refractivity contribution < 1.29 is 19.1 Å². The molecule has 2 aromatic rings. The van der Waals surface area contributed by atoms with Crippen LogP contribution in [-0.4, -0.2) is 42.4 Å². The van der Waals surface area contributed by atoms with Gasteiger partial charge in [-0.15, -0.1) is 0 Å². The number of nitrogens with one attached hydrogen (secondary N) is 1. The van der Waals surface area contributed by atoms with Crippen LogP contribution in [0.1, 0.15) is 48.1 Å². The lowest BCUT2D eigenvalue weighted by atomic mass is 9.96. The molecule has 1 N–H and O–H groups in total. The molecule has 1 heterocycles. The van der Waals surface area contributed by atoms with Crippen molar-refractivity contribution >= 4 is 29.4 Å². The van der Waals surface area contributed by atoms with E-state index in [-0.39, 0.29) is 30.1 Å². The van der Waals surface area contributed by atoms with Crippen LogP contribution in [0, 0.1) is 5.92 Å². The molecule has 0 aromatic heterocycles. The Labute approximate surface area is 187 Å². The molecule has 0 aliphatic carbocycles. The first-order valence-electron chi connectivity index (χ1n) is 10.5. The summed E-state index contributed by atoms with van der Waals surface area (Å²) in [7, 11) is 0. The second-order valence-electron chi connectivity index (χ2n) is 7.55. The molecule has 2 aromatic carbocycles. The Morgan fingerprint density at radius 3 is 2.55 bits per heavy atom. The van der Waals surface area contributed by atoms with Crippen molar-refractivity contribution in [3.63, 3.8) is 0 Å². The number of rotatable bonds is 7. The lowest BCUT2D eigenvalue weighted by molar-refractivity contribution is -0.151. The van der Waals surface area contributed by atoms with Crippen LogP contribution < -0.4 is 5.32 Å². The molecule has 6 nitrogen and oxygen atoms in total. The summed E-state index contributed by atoms with van der Waals surface area (Å²) in [6, 6.07) is 15.7. The molecule has 31 heavy (non-hydrogen) atoms. The number of amides is 2. The first-order chi connectivity index (χ1) is 15.0. The molecular formula is C24H27ClN2O4. The highest BCUT2D eigenvalue weighted by Crippen LogP contribution is 2.24. The van der Waals surface area contributed by atoms with Gasteiger partial charge in [0.2, 0.25) is 5.91 Å². The van der Waals surface area contributed by atoms with Crippen molar-refractivity contribution in [2.24, 2.45) is 5.92 Å². The standard InChI is InChI=1S/C24H27ClN2O4/c1-2-31-24(30)18-11-8-14-27(16-18)22(28)15-21(17-9-4-3-5-10-17)26-23(29)19-12-6-7-13-20(19)25/h3-7,9-10,12-13,18,21H,2,8,11,14-16H2,1H3,(H,26,29). The topological polar surface area (TPSA) is 75.7 Å². The zero-order valence-electron chi connectivity index (χ0n) is 17.6. The Balaban J connectivity index is 1.73. The monoisotopic (exact) mass is 442 g/mol. The van der Waals surface area contributed by atoms with Crippen molar-refractivity contribution in [2.45, 2.75) is 32.2 Å². The van der Waals surface area contributed by atoms with E-state index in [1.165, 1.54) is 0 Å². The molecule has 0 bridgehead atoms. The molecule has 1 aliphatic heterocycles. The quantitative estimate of drug-likeness (QED) is 0.657. The highest BCUT2D eigenvalue weighted by molar-refractivity contribution is 6.33. The predicted molar refractivity (Wildman–Crippen MR) is 119 cm³/mol. The number of hydrogen-bond donors (Lipinski definition) is 1. The number of carbonyl (C=O) groups is 3. The number of piperidine rings is 1. The molecule has 3 rings (SSSR count). The highest BCUT2D eigenvalue weighted by atomic mass is 35.5. The zero-order chi connectivity index (χ0) is 22.2. The van der Waals surface area contributed by atoms with E-state index in [1.54, 1.807) is 36.1 Å². The van der Waals surface area contributed by atoms with E-state index in [0.29, 0.717) is 36.7 Å². The first kappa shape index (κ1) is 22.8. The summed E-state index contributed by atoms with van der Waals surface area (Å²) in [5.74, 6) is -1.00. The van der Waals surface area contributed by atoms with Crippen LogP contribution in [0.25, 0.3) is 0 Å². The molecule has 2 unspecified atom stereocenters. The van der Waals surface area contributed by atoms with E-state index < -0.39 is 6.04 Å².